The third kappa shape index (κ3) is 12.1. The lowest BCUT2D eigenvalue weighted by Gasteiger charge is -2.23. The van der Waals surface area contributed by atoms with Crippen LogP contribution in [-0.4, -0.2) is 6.04 Å². The second-order valence-electron chi connectivity index (χ2n) is 9.27. The van der Waals surface area contributed by atoms with E-state index in [-0.39, 0.29) is 0 Å². The Bertz CT molecular complexity index is 699. The highest BCUT2D eigenvalue weighted by molar-refractivity contribution is 5.22. The molecule has 0 aromatic heterocycles. The van der Waals surface area contributed by atoms with E-state index in [1.54, 1.807) is 0 Å². The molecule has 0 spiro atoms. The topological polar surface area (TPSA) is 35.8 Å². The standard InChI is InChI=1S/C30H50N2/c1-10-14-15-30(23(5)6)32-25(8)17-19-27(11-2)18-16-24(7)26(9)29(13-4)21-20-28(12-3)22-31/h16,18,20,26,29-30,32H,5,8,10-15,17,19,21H2,1-4,6-7,9H3/b24-16+,27-18+,28-20+. The van der Waals surface area contributed by atoms with Gasteiger partial charge in [0.25, 0.3) is 0 Å². The van der Waals surface area contributed by atoms with E-state index in [4.69, 9.17) is 0 Å². The van der Waals surface area contributed by atoms with Crippen molar-refractivity contribution in [3.05, 3.63) is 59.4 Å². The van der Waals surface area contributed by atoms with Crippen molar-refractivity contribution in [2.24, 2.45) is 11.8 Å². The van der Waals surface area contributed by atoms with E-state index in [2.05, 4.69) is 91.2 Å². The predicted octanol–water partition coefficient (Wildman–Crippen LogP) is 9.20. The van der Waals surface area contributed by atoms with Crippen molar-refractivity contribution in [1.29, 1.82) is 5.26 Å². The quantitative estimate of drug-likeness (QED) is 0.139. The van der Waals surface area contributed by atoms with Crippen molar-refractivity contribution in [2.75, 3.05) is 0 Å². The summed E-state index contributed by atoms with van der Waals surface area (Å²) in [4.78, 5) is 0. The van der Waals surface area contributed by atoms with Crippen LogP contribution in [0.5, 0.6) is 0 Å². The summed E-state index contributed by atoms with van der Waals surface area (Å²) < 4.78 is 0. The van der Waals surface area contributed by atoms with Gasteiger partial charge in [0, 0.05) is 17.3 Å². The molecule has 0 bridgehead atoms. The van der Waals surface area contributed by atoms with Crippen LogP contribution in [0.2, 0.25) is 0 Å². The zero-order chi connectivity index (χ0) is 24.5. The first-order chi connectivity index (χ1) is 15.2. The molecule has 0 heterocycles. The van der Waals surface area contributed by atoms with Gasteiger partial charge >= 0.3 is 0 Å². The summed E-state index contributed by atoms with van der Waals surface area (Å²) >= 11 is 0. The molecule has 180 valence electrons. The van der Waals surface area contributed by atoms with E-state index in [1.165, 1.54) is 29.6 Å². The highest BCUT2D eigenvalue weighted by Gasteiger charge is 2.16. The van der Waals surface area contributed by atoms with Gasteiger partial charge in [-0.3, -0.25) is 0 Å². The van der Waals surface area contributed by atoms with Crippen molar-refractivity contribution >= 4 is 0 Å². The normalized spacial score (nSPS) is 15.6. The maximum atomic E-state index is 9.18. The lowest BCUT2D eigenvalue weighted by Crippen LogP contribution is -2.28. The number of nitrogens with one attached hydrogen (secondary N) is 1. The van der Waals surface area contributed by atoms with Crippen LogP contribution in [0, 0.1) is 23.2 Å². The highest BCUT2D eigenvalue weighted by atomic mass is 14.9. The summed E-state index contributed by atoms with van der Waals surface area (Å²) in [6.45, 7) is 23.9. The average molecular weight is 439 g/mol. The minimum atomic E-state index is 0.341. The third-order valence-electron chi connectivity index (χ3n) is 6.74. The van der Waals surface area contributed by atoms with Crippen molar-refractivity contribution in [2.45, 2.75) is 112 Å². The van der Waals surface area contributed by atoms with E-state index in [0.717, 1.165) is 56.2 Å². The zero-order valence-electron chi connectivity index (χ0n) is 22.2. The van der Waals surface area contributed by atoms with Crippen LogP contribution in [-0.2, 0) is 0 Å². The van der Waals surface area contributed by atoms with Gasteiger partial charge in [-0.05, 0) is 64.2 Å². The van der Waals surface area contributed by atoms with E-state index >= 15 is 0 Å². The molecule has 0 fully saturated rings. The van der Waals surface area contributed by atoms with Crippen molar-refractivity contribution in [3.63, 3.8) is 0 Å². The van der Waals surface area contributed by atoms with Gasteiger partial charge in [-0.25, -0.2) is 0 Å². The third-order valence-corrected chi connectivity index (χ3v) is 6.74. The second-order valence-corrected chi connectivity index (χ2v) is 9.27. The van der Waals surface area contributed by atoms with Crippen LogP contribution in [0.1, 0.15) is 106 Å². The first kappa shape index (κ1) is 30.0. The smallest absolute Gasteiger partial charge is 0.0943 e. The highest BCUT2D eigenvalue weighted by Crippen LogP contribution is 2.27. The monoisotopic (exact) mass is 438 g/mol. The van der Waals surface area contributed by atoms with Gasteiger partial charge in [-0.2, -0.15) is 5.26 Å². The minimum absolute atomic E-state index is 0.341. The zero-order valence-corrected chi connectivity index (χ0v) is 22.2. The summed E-state index contributed by atoms with van der Waals surface area (Å²) in [6, 6.07) is 2.66. The molecule has 0 amide bonds. The van der Waals surface area contributed by atoms with Crippen LogP contribution in [0.25, 0.3) is 0 Å². The molecule has 0 aliphatic rings. The summed E-state index contributed by atoms with van der Waals surface area (Å²) in [5.41, 5.74) is 6.10. The Morgan fingerprint density at radius 2 is 1.72 bits per heavy atom. The van der Waals surface area contributed by atoms with E-state index < -0.39 is 0 Å². The fourth-order valence-electron chi connectivity index (χ4n) is 3.92. The minimum Gasteiger partial charge on any atom is -0.382 e. The Balaban J connectivity index is 4.99. The molecular weight excluding hydrogens is 388 g/mol. The van der Waals surface area contributed by atoms with Crippen LogP contribution in [0.3, 0.4) is 0 Å². The van der Waals surface area contributed by atoms with E-state index in [0.29, 0.717) is 17.9 Å². The Morgan fingerprint density at radius 1 is 1.03 bits per heavy atom. The van der Waals surface area contributed by atoms with Crippen LogP contribution in [0.4, 0.5) is 0 Å². The van der Waals surface area contributed by atoms with Crippen molar-refractivity contribution < 1.29 is 0 Å². The lowest BCUT2D eigenvalue weighted by atomic mass is 9.83. The molecule has 0 saturated heterocycles. The lowest BCUT2D eigenvalue weighted by molar-refractivity contribution is 0.394. The Morgan fingerprint density at radius 3 is 2.22 bits per heavy atom. The summed E-state index contributed by atoms with van der Waals surface area (Å²) in [7, 11) is 0. The number of hydrogen-bond acceptors (Lipinski definition) is 2. The molecule has 0 radical (unpaired) electrons. The Hall–Kier alpha value is -2.01. The van der Waals surface area contributed by atoms with Crippen molar-refractivity contribution in [3.8, 4) is 6.07 Å². The molecule has 0 rings (SSSR count). The predicted molar refractivity (Wildman–Crippen MR) is 143 cm³/mol. The average Bonchev–Trinajstić information content (AvgIpc) is 2.78. The molecule has 1 N–H and O–H groups in total. The molecule has 0 aromatic rings. The first-order valence-electron chi connectivity index (χ1n) is 12.8. The van der Waals surface area contributed by atoms with Crippen molar-refractivity contribution in [1.82, 2.24) is 5.32 Å². The van der Waals surface area contributed by atoms with Crippen LogP contribution in [0.15, 0.2) is 59.4 Å². The fourth-order valence-corrected chi connectivity index (χ4v) is 3.92. The molecule has 3 unspecified atom stereocenters. The number of nitriles is 1. The summed E-state index contributed by atoms with van der Waals surface area (Å²) in [6.07, 6.45) is 16.3. The van der Waals surface area contributed by atoms with Gasteiger partial charge in [0.15, 0.2) is 0 Å². The number of rotatable bonds is 17. The number of nitrogens with zero attached hydrogens (tertiary/aromatic N) is 1. The number of hydrogen-bond donors (Lipinski definition) is 1. The largest absolute Gasteiger partial charge is 0.382 e. The first-order valence-corrected chi connectivity index (χ1v) is 12.8. The molecule has 2 heteroatoms. The van der Waals surface area contributed by atoms with Gasteiger partial charge < -0.3 is 5.32 Å². The van der Waals surface area contributed by atoms with Crippen LogP contribution < -0.4 is 5.32 Å². The summed E-state index contributed by atoms with van der Waals surface area (Å²) in [5.74, 6) is 1.08. The maximum absolute atomic E-state index is 9.18. The second kappa shape index (κ2) is 17.5. The van der Waals surface area contributed by atoms with Gasteiger partial charge in [0.05, 0.1) is 6.07 Å². The van der Waals surface area contributed by atoms with E-state index in [9.17, 15) is 5.26 Å². The van der Waals surface area contributed by atoms with E-state index in [1.807, 2.05) is 0 Å². The Labute approximate surface area is 200 Å². The SMILES string of the molecule is C=C(CC/C(=C/C=C(\C)C(C)C(CC)C/C=C(/C#N)CC)CC)NC(CCCC)C(=C)C. The van der Waals surface area contributed by atoms with Gasteiger partial charge in [0.2, 0.25) is 0 Å². The number of allylic oxidation sites excluding steroid dienone is 7. The number of unbranched alkanes of at least 4 members (excludes halogenated alkanes) is 1. The van der Waals surface area contributed by atoms with Crippen LogP contribution >= 0.6 is 0 Å². The maximum Gasteiger partial charge on any atom is 0.0943 e. The fraction of sp³-hybridized carbons (Fsp3) is 0.633. The molecule has 32 heavy (non-hydrogen) atoms. The molecule has 0 aromatic carbocycles. The Kier molecular flexibility index (Phi) is 16.4. The molecule has 0 saturated carbocycles. The molecule has 3 atom stereocenters. The molecule has 0 aliphatic carbocycles. The molecule has 2 nitrogen and oxygen atoms in total. The summed E-state index contributed by atoms with van der Waals surface area (Å²) in [5, 5.41) is 12.8. The van der Waals surface area contributed by atoms with Gasteiger partial charge in [-0.15, -0.1) is 0 Å². The van der Waals surface area contributed by atoms with Gasteiger partial charge in [0.1, 0.15) is 0 Å². The van der Waals surface area contributed by atoms with Gasteiger partial charge in [-0.1, -0.05) is 102 Å². The molecule has 0 aliphatic heterocycles. The molecular formula is C30H50N2.